The van der Waals surface area contributed by atoms with E-state index in [9.17, 15) is 9.90 Å². The molecule has 5 nitrogen and oxygen atoms in total. The number of carboxylic acid groups (broad SMARTS) is 1. The van der Waals surface area contributed by atoms with E-state index in [1.165, 1.54) is 5.56 Å². The number of fused-ring (bicyclic) bond motifs is 1. The minimum atomic E-state index is -0.799. The molecule has 3 aromatic carbocycles. The van der Waals surface area contributed by atoms with Gasteiger partial charge in [-0.2, -0.15) is 0 Å². The highest BCUT2D eigenvalue weighted by Crippen LogP contribution is 2.34. The van der Waals surface area contributed by atoms with Crippen molar-refractivity contribution in [3.8, 4) is 5.75 Å². The van der Waals surface area contributed by atoms with Gasteiger partial charge in [0.2, 0.25) is 0 Å². The Hall–Kier alpha value is -3.57. The number of aromatic nitrogens is 1. The van der Waals surface area contributed by atoms with Gasteiger partial charge in [0.25, 0.3) is 0 Å². The molecule has 0 radical (unpaired) electrons. The molecule has 34 heavy (non-hydrogen) atoms. The van der Waals surface area contributed by atoms with Crippen LogP contribution in [0.25, 0.3) is 10.9 Å². The van der Waals surface area contributed by atoms with Crippen molar-refractivity contribution in [2.45, 2.75) is 31.9 Å². The van der Waals surface area contributed by atoms with Gasteiger partial charge < -0.3 is 14.8 Å². The zero-order valence-electron chi connectivity index (χ0n) is 19.2. The third-order valence-electron chi connectivity index (χ3n) is 6.84. The summed E-state index contributed by atoms with van der Waals surface area (Å²) in [7, 11) is 0. The second-order valence-corrected chi connectivity index (χ2v) is 9.14. The predicted octanol–water partition coefficient (Wildman–Crippen LogP) is 5.83. The van der Waals surface area contributed by atoms with Crippen molar-refractivity contribution >= 4 is 16.9 Å². The first-order chi connectivity index (χ1) is 16.7. The first kappa shape index (κ1) is 22.2. The molecule has 4 aromatic rings. The minimum Gasteiger partial charge on any atom is -0.489 e. The van der Waals surface area contributed by atoms with E-state index in [-0.39, 0.29) is 0 Å². The number of likely N-dealkylation sites (tertiary alicyclic amines) is 1. The number of nitrogens with zero attached hydrogens (tertiary/aromatic N) is 1. The van der Waals surface area contributed by atoms with Gasteiger partial charge in [0.05, 0.1) is 0 Å². The van der Waals surface area contributed by atoms with Crippen LogP contribution in [-0.4, -0.2) is 34.0 Å². The molecular formula is C29H30N2O3. The van der Waals surface area contributed by atoms with E-state index >= 15 is 0 Å². The van der Waals surface area contributed by atoms with Gasteiger partial charge in [-0.3, -0.25) is 9.69 Å². The summed E-state index contributed by atoms with van der Waals surface area (Å²) in [5.74, 6) is 0.561. The number of hydrogen-bond donors (Lipinski definition) is 2. The fourth-order valence-corrected chi connectivity index (χ4v) is 5.03. The average Bonchev–Trinajstić information content (AvgIpc) is 3.28. The van der Waals surface area contributed by atoms with E-state index in [0.717, 1.165) is 60.1 Å². The summed E-state index contributed by atoms with van der Waals surface area (Å²) in [6.45, 7) is 2.08. The van der Waals surface area contributed by atoms with Gasteiger partial charge in [-0.05, 0) is 61.5 Å². The maximum absolute atomic E-state index is 12.4. The lowest BCUT2D eigenvalue weighted by molar-refractivity contribution is -0.144. The zero-order valence-corrected chi connectivity index (χ0v) is 19.2. The molecule has 1 fully saturated rings. The summed E-state index contributed by atoms with van der Waals surface area (Å²) in [6, 6.07) is 25.8. The van der Waals surface area contributed by atoms with Gasteiger partial charge >= 0.3 is 5.97 Å². The Kier molecular flexibility index (Phi) is 6.63. The molecule has 1 atom stereocenters. The first-order valence-electron chi connectivity index (χ1n) is 12.0. The number of H-pyrrole nitrogens is 1. The fourth-order valence-electron chi connectivity index (χ4n) is 5.03. The third kappa shape index (κ3) is 5.00. The van der Waals surface area contributed by atoms with Crippen molar-refractivity contribution in [3.63, 3.8) is 0 Å². The van der Waals surface area contributed by atoms with Crippen molar-refractivity contribution < 1.29 is 14.6 Å². The minimum absolute atomic E-state index is 0.496. The molecule has 1 unspecified atom stereocenters. The Morgan fingerprint density at radius 1 is 0.971 bits per heavy atom. The number of rotatable bonds is 8. The molecule has 0 bridgehead atoms. The van der Waals surface area contributed by atoms with E-state index in [1.54, 1.807) is 0 Å². The van der Waals surface area contributed by atoms with Crippen LogP contribution in [-0.2, 0) is 17.8 Å². The summed E-state index contributed by atoms with van der Waals surface area (Å²) in [6.07, 6.45) is 4.93. The number of carboxylic acids is 1. The monoisotopic (exact) mass is 454 g/mol. The van der Waals surface area contributed by atoms with E-state index in [4.69, 9.17) is 4.74 Å². The lowest BCUT2D eigenvalue weighted by atomic mass is 9.89. The van der Waals surface area contributed by atoms with E-state index in [1.807, 2.05) is 60.8 Å². The van der Waals surface area contributed by atoms with Crippen LogP contribution in [0.5, 0.6) is 5.75 Å². The molecule has 1 aromatic heterocycles. The summed E-state index contributed by atoms with van der Waals surface area (Å²) >= 11 is 0. The van der Waals surface area contributed by atoms with Crippen molar-refractivity contribution in [3.05, 3.63) is 102 Å². The molecule has 1 saturated heterocycles. The molecule has 5 rings (SSSR count). The second-order valence-electron chi connectivity index (χ2n) is 9.14. The molecule has 1 aliphatic heterocycles. The summed E-state index contributed by atoms with van der Waals surface area (Å²) < 4.78 is 5.95. The van der Waals surface area contributed by atoms with E-state index in [0.29, 0.717) is 12.5 Å². The number of hydrogen-bond acceptors (Lipinski definition) is 3. The molecule has 0 aliphatic carbocycles. The maximum atomic E-state index is 12.4. The standard InChI is InChI=1S/C29H30N2O3/c32-29(33)28(31-15-13-22(14-16-31)17-21-7-3-1-4-8-21)26-19-30-27-18-24(11-12-25(26)27)34-20-23-9-5-2-6-10-23/h1-12,18-19,22,28,30H,13-17,20H2,(H,32,33). The van der Waals surface area contributed by atoms with Crippen LogP contribution in [0.1, 0.15) is 35.6 Å². The molecule has 0 amide bonds. The van der Waals surface area contributed by atoms with Crippen LogP contribution in [0, 0.1) is 5.92 Å². The highest BCUT2D eigenvalue weighted by Gasteiger charge is 2.32. The first-order valence-corrected chi connectivity index (χ1v) is 12.0. The van der Waals surface area contributed by atoms with Gasteiger partial charge in [0, 0.05) is 28.7 Å². The van der Waals surface area contributed by atoms with Crippen molar-refractivity contribution in [2.75, 3.05) is 13.1 Å². The van der Waals surface area contributed by atoms with Crippen LogP contribution >= 0.6 is 0 Å². The van der Waals surface area contributed by atoms with Crippen LogP contribution in [0.2, 0.25) is 0 Å². The highest BCUT2D eigenvalue weighted by molar-refractivity contribution is 5.90. The lowest BCUT2D eigenvalue weighted by Gasteiger charge is -2.35. The number of carbonyl (C=O) groups is 1. The normalized spacial score (nSPS) is 15.9. The summed E-state index contributed by atoms with van der Waals surface area (Å²) in [5, 5.41) is 11.1. The lowest BCUT2D eigenvalue weighted by Crippen LogP contribution is -2.40. The Morgan fingerprint density at radius 3 is 2.32 bits per heavy atom. The molecule has 2 N–H and O–H groups in total. The van der Waals surface area contributed by atoms with Gasteiger partial charge in [0.15, 0.2) is 0 Å². The number of ether oxygens (including phenoxy) is 1. The third-order valence-corrected chi connectivity index (χ3v) is 6.84. The van der Waals surface area contributed by atoms with Crippen molar-refractivity contribution in [2.24, 2.45) is 5.92 Å². The Bertz CT molecular complexity index is 1230. The largest absolute Gasteiger partial charge is 0.489 e. The Morgan fingerprint density at radius 2 is 1.65 bits per heavy atom. The molecule has 0 saturated carbocycles. The summed E-state index contributed by atoms with van der Waals surface area (Å²) in [4.78, 5) is 17.7. The quantitative estimate of drug-likeness (QED) is 0.352. The van der Waals surface area contributed by atoms with Crippen molar-refractivity contribution in [1.29, 1.82) is 0 Å². The molecule has 2 heterocycles. The average molecular weight is 455 g/mol. The van der Waals surface area contributed by atoms with Crippen LogP contribution < -0.4 is 4.74 Å². The fraction of sp³-hybridized carbons (Fsp3) is 0.276. The smallest absolute Gasteiger partial charge is 0.325 e. The topological polar surface area (TPSA) is 65.6 Å². The van der Waals surface area contributed by atoms with Gasteiger partial charge in [-0.1, -0.05) is 60.7 Å². The Balaban J connectivity index is 1.27. The van der Waals surface area contributed by atoms with Crippen LogP contribution in [0.3, 0.4) is 0 Å². The van der Waals surface area contributed by atoms with Gasteiger partial charge in [0.1, 0.15) is 18.4 Å². The molecule has 0 spiro atoms. The van der Waals surface area contributed by atoms with Gasteiger partial charge in [-0.25, -0.2) is 0 Å². The predicted molar refractivity (Wildman–Crippen MR) is 134 cm³/mol. The second kappa shape index (κ2) is 10.1. The number of benzene rings is 3. The maximum Gasteiger partial charge on any atom is 0.325 e. The number of aliphatic carboxylic acids is 1. The molecule has 5 heteroatoms. The molecule has 1 aliphatic rings. The molecule has 174 valence electrons. The Labute approximate surface area is 200 Å². The number of piperidine rings is 1. The van der Waals surface area contributed by atoms with E-state index in [2.05, 4.69) is 34.1 Å². The zero-order chi connectivity index (χ0) is 23.3. The van der Waals surface area contributed by atoms with E-state index < -0.39 is 12.0 Å². The highest BCUT2D eigenvalue weighted by atomic mass is 16.5. The molecular weight excluding hydrogens is 424 g/mol. The van der Waals surface area contributed by atoms with Gasteiger partial charge in [-0.15, -0.1) is 0 Å². The summed E-state index contributed by atoms with van der Waals surface area (Å²) in [5.41, 5.74) is 4.18. The number of aromatic amines is 1. The van der Waals surface area contributed by atoms with Crippen molar-refractivity contribution in [1.82, 2.24) is 9.88 Å². The number of nitrogens with one attached hydrogen (secondary N) is 1. The SMILES string of the molecule is O=C(O)C(c1c[nH]c2cc(OCc3ccccc3)ccc12)N1CCC(Cc2ccccc2)CC1. The van der Waals surface area contributed by atoms with Crippen LogP contribution in [0.15, 0.2) is 85.1 Å². The van der Waals surface area contributed by atoms with Crippen LogP contribution in [0.4, 0.5) is 0 Å².